The summed E-state index contributed by atoms with van der Waals surface area (Å²) in [5, 5.41) is 1.09. The summed E-state index contributed by atoms with van der Waals surface area (Å²) in [5.74, 6) is 0.802. The molecule has 1 fully saturated rings. The van der Waals surface area contributed by atoms with Gasteiger partial charge in [0.25, 0.3) is 0 Å². The third kappa shape index (κ3) is 4.31. The number of Topliss-reactive ketones (excluding diaryl/α,β-unsaturated/α-hetero) is 1. The van der Waals surface area contributed by atoms with Crippen molar-refractivity contribution in [3.8, 4) is 5.75 Å². The molecule has 1 amide bonds. The Kier molecular flexibility index (Phi) is 5.77. The van der Waals surface area contributed by atoms with Crippen molar-refractivity contribution in [2.24, 2.45) is 0 Å². The highest BCUT2D eigenvalue weighted by Crippen LogP contribution is 2.35. The Morgan fingerprint density at radius 3 is 2.65 bits per heavy atom. The number of hydrogen-bond acceptors (Lipinski definition) is 4. The number of hydrogen-bond donors (Lipinski definition) is 0. The number of pyridine rings is 1. The fourth-order valence-corrected chi connectivity index (χ4v) is 4.46. The molecule has 0 radical (unpaired) electrons. The Morgan fingerprint density at radius 2 is 1.90 bits per heavy atom. The van der Waals surface area contributed by atoms with Crippen LogP contribution in [-0.4, -0.2) is 34.7 Å². The van der Waals surface area contributed by atoms with E-state index >= 15 is 0 Å². The Bertz CT molecular complexity index is 1120. The molecule has 31 heavy (non-hydrogen) atoms. The second-order valence-corrected chi connectivity index (χ2v) is 8.62. The monoisotopic (exact) mass is 416 g/mol. The second kappa shape index (κ2) is 8.50. The van der Waals surface area contributed by atoms with E-state index in [0.717, 1.165) is 46.3 Å². The van der Waals surface area contributed by atoms with E-state index in [-0.39, 0.29) is 18.2 Å². The van der Waals surface area contributed by atoms with E-state index < -0.39 is 5.41 Å². The molecular formula is C26H28N2O3. The lowest BCUT2D eigenvalue weighted by molar-refractivity contribution is -0.142. The van der Waals surface area contributed by atoms with Crippen LogP contribution in [0.5, 0.6) is 5.75 Å². The van der Waals surface area contributed by atoms with Crippen molar-refractivity contribution >= 4 is 22.6 Å². The maximum atomic E-state index is 13.1. The number of ketones is 1. The van der Waals surface area contributed by atoms with Gasteiger partial charge in [0.05, 0.1) is 17.5 Å². The fourth-order valence-electron chi connectivity index (χ4n) is 4.46. The predicted molar refractivity (Wildman–Crippen MR) is 121 cm³/mol. The molecule has 1 saturated heterocycles. The molecule has 3 aromatic rings. The van der Waals surface area contributed by atoms with Crippen LogP contribution in [0.1, 0.15) is 43.5 Å². The number of likely N-dealkylation sites (tertiary alicyclic amines) is 1. The molecule has 160 valence electrons. The van der Waals surface area contributed by atoms with Gasteiger partial charge in [-0.05, 0) is 63.4 Å². The molecule has 0 spiro atoms. The van der Waals surface area contributed by atoms with Crippen LogP contribution >= 0.6 is 0 Å². The number of amides is 1. The first-order valence-corrected chi connectivity index (χ1v) is 10.7. The van der Waals surface area contributed by atoms with Gasteiger partial charge in [-0.2, -0.15) is 0 Å². The van der Waals surface area contributed by atoms with Crippen LogP contribution < -0.4 is 4.74 Å². The van der Waals surface area contributed by atoms with Crippen LogP contribution in [0.15, 0.2) is 54.6 Å². The maximum Gasteiger partial charge on any atom is 0.233 e. The van der Waals surface area contributed by atoms with E-state index in [9.17, 15) is 9.59 Å². The average Bonchev–Trinajstić information content (AvgIpc) is 2.75. The third-order valence-corrected chi connectivity index (χ3v) is 6.09. The van der Waals surface area contributed by atoms with Crippen LogP contribution in [0.25, 0.3) is 10.9 Å². The van der Waals surface area contributed by atoms with Crippen molar-refractivity contribution < 1.29 is 14.3 Å². The Labute approximate surface area is 183 Å². The minimum Gasteiger partial charge on any atom is -0.489 e. The number of carbonyl (C=O) groups is 2. The van der Waals surface area contributed by atoms with Crippen LogP contribution in [0.3, 0.4) is 0 Å². The van der Waals surface area contributed by atoms with E-state index in [1.807, 2.05) is 56.3 Å². The first-order valence-electron chi connectivity index (χ1n) is 10.7. The average molecular weight is 417 g/mol. The lowest BCUT2D eigenvalue weighted by atomic mass is 9.75. The molecule has 1 aliphatic heterocycles. The SMILES string of the molecule is CC(=O)CN1CCCC(C)(c2ccc(OCc3cc(C)nc4ccccc34)cc2)C1=O. The van der Waals surface area contributed by atoms with Gasteiger partial charge in [0.15, 0.2) is 0 Å². The number of nitrogens with zero attached hydrogens (tertiary/aromatic N) is 2. The molecule has 1 atom stereocenters. The highest BCUT2D eigenvalue weighted by molar-refractivity contribution is 5.92. The highest BCUT2D eigenvalue weighted by atomic mass is 16.5. The number of rotatable bonds is 6. The van der Waals surface area contributed by atoms with Crippen molar-refractivity contribution in [1.29, 1.82) is 0 Å². The molecule has 5 nitrogen and oxygen atoms in total. The Balaban J connectivity index is 1.50. The number of piperidine rings is 1. The number of benzene rings is 2. The smallest absolute Gasteiger partial charge is 0.233 e. The number of aromatic nitrogens is 1. The number of aryl methyl sites for hydroxylation is 1. The first-order chi connectivity index (χ1) is 14.9. The van der Waals surface area contributed by atoms with E-state index in [2.05, 4.69) is 17.1 Å². The summed E-state index contributed by atoms with van der Waals surface area (Å²) in [6.45, 7) is 6.78. The molecule has 0 aliphatic carbocycles. The van der Waals surface area contributed by atoms with Crippen LogP contribution in [-0.2, 0) is 21.6 Å². The number of para-hydroxylation sites is 1. The summed E-state index contributed by atoms with van der Waals surface area (Å²) < 4.78 is 6.06. The molecule has 0 bridgehead atoms. The maximum absolute atomic E-state index is 13.1. The molecule has 2 heterocycles. The molecule has 5 heteroatoms. The number of carbonyl (C=O) groups excluding carboxylic acids is 2. The molecule has 2 aromatic carbocycles. The van der Waals surface area contributed by atoms with Gasteiger partial charge in [-0.1, -0.05) is 30.3 Å². The number of fused-ring (bicyclic) bond motifs is 1. The molecule has 1 aliphatic rings. The lowest BCUT2D eigenvalue weighted by Crippen LogP contribution is -2.51. The molecule has 0 saturated carbocycles. The normalized spacial score (nSPS) is 18.9. The molecule has 1 aromatic heterocycles. The third-order valence-electron chi connectivity index (χ3n) is 6.09. The summed E-state index contributed by atoms with van der Waals surface area (Å²) in [4.78, 5) is 30.9. The quantitative estimate of drug-likeness (QED) is 0.590. The second-order valence-electron chi connectivity index (χ2n) is 8.62. The summed E-state index contributed by atoms with van der Waals surface area (Å²) in [5.41, 5.74) is 3.39. The van der Waals surface area contributed by atoms with Gasteiger partial charge in [-0.3, -0.25) is 14.6 Å². The largest absolute Gasteiger partial charge is 0.489 e. The highest BCUT2D eigenvalue weighted by Gasteiger charge is 2.41. The summed E-state index contributed by atoms with van der Waals surface area (Å²) in [6.07, 6.45) is 1.67. The first kappa shape index (κ1) is 21.0. The molecular weight excluding hydrogens is 388 g/mol. The van der Waals surface area contributed by atoms with Crippen molar-refractivity contribution in [3.63, 3.8) is 0 Å². The van der Waals surface area contributed by atoms with E-state index in [4.69, 9.17) is 4.74 Å². The lowest BCUT2D eigenvalue weighted by Gasteiger charge is -2.39. The standard InChI is InChI=1S/C26H28N2O3/c1-18-15-20(23-7-4-5-8-24(23)27-18)17-31-22-11-9-21(10-12-22)26(3)13-6-14-28(25(26)30)16-19(2)29/h4-5,7-12,15H,6,13-14,16-17H2,1-3H3. The molecule has 0 N–H and O–H groups in total. The van der Waals surface area contributed by atoms with E-state index in [1.54, 1.807) is 4.90 Å². The predicted octanol–water partition coefficient (Wildman–Crippen LogP) is 4.59. The zero-order valence-electron chi connectivity index (χ0n) is 18.4. The fraction of sp³-hybridized carbons (Fsp3) is 0.346. The van der Waals surface area contributed by atoms with E-state index in [1.165, 1.54) is 6.92 Å². The van der Waals surface area contributed by atoms with Gasteiger partial charge >= 0.3 is 0 Å². The van der Waals surface area contributed by atoms with Crippen molar-refractivity contribution in [2.45, 2.75) is 45.6 Å². The van der Waals surface area contributed by atoms with Gasteiger partial charge in [0.2, 0.25) is 5.91 Å². The zero-order valence-corrected chi connectivity index (χ0v) is 18.4. The summed E-state index contributed by atoms with van der Waals surface area (Å²) in [7, 11) is 0. The minimum absolute atomic E-state index is 0.0141. The molecule has 1 unspecified atom stereocenters. The van der Waals surface area contributed by atoms with Crippen molar-refractivity contribution in [3.05, 3.63) is 71.4 Å². The zero-order chi connectivity index (χ0) is 22.0. The summed E-state index contributed by atoms with van der Waals surface area (Å²) in [6, 6.07) is 17.9. The van der Waals surface area contributed by atoms with Crippen LogP contribution in [0.2, 0.25) is 0 Å². The minimum atomic E-state index is -0.607. The van der Waals surface area contributed by atoms with E-state index in [0.29, 0.717) is 13.2 Å². The van der Waals surface area contributed by atoms with Crippen molar-refractivity contribution in [1.82, 2.24) is 9.88 Å². The Morgan fingerprint density at radius 1 is 1.16 bits per heavy atom. The van der Waals surface area contributed by atoms with Gasteiger partial charge < -0.3 is 9.64 Å². The topological polar surface area (TPSA) is 59.5 Å². The Hall–Kier alpha value is -3.21. The van der Waals surface area contributed by atoms with Gasteiger partial charge in [-0.15, -0.1) is 0 Å². The molecule has 4 rings (SSSR count). The van der Waals surface area contributed by atoms with Crippen LogP contribution in [0, 0.1) is 6.92 Å². The van der Waals surface area contributed by atoms with Gasteiger partial charge in [0.1, 0.15) is 18.1 Å². The van der Waals surface area contributed by atoms with Crippen LogP contribution in [0.4, 0.5) is 0 Å². The van der Waals surface area contributed by atoms with Gasteiger partial charge in [-0.25, -0.2) is 0 Å². The van der Waals surface area contributed by atoms with Crippen molar-refractivity contribution in [2.75, 3.05) is 13.1 Å². The van der Waals surface area contributed by atoms with Gasteiger partial charge in [0, 0.05) is 23.2 Å². The summed E-state index contributed by atoms with van der Waals surface area (Å²) >= 11 is 0. The number of ether oxygens (including phenoxy) is 1.